The van der Waals surface area contributed by atoms with Crippen LogP contribution in [-0.2, 0) is 0 Å². The summed E-state index contributed by atoms with van der Waals surface area (Å²) in [5, 5.41) is 4.12. The monoisotopic (exact) mass is 231 g/mol. The maximum absolute atomic E-state index is 5.87. The zero-order valence-electron chi connectivity index (χ0n) is 8.23. The van der Waals surface area contributed by atoms with Gasteiger partial charge in [0.15, 0.2) is 0 Å². The molecule has 0 fully saturated rings. The van der Waals surface area contributed by atoms with Crippen molar-refractivity contribution in [2.75, 3.05) is 0 Å². The molecule has 14 heavy (non-hydrogen) atoms. The van der Waals surface area contributed by atoms with Gasteiger partial charge in [-0.3, -0.25) is 0 Å². The number of rotatable bonds is 0. The minimum absolute atomic E-state index is 0.0868. The van der Waals surface area contributed by atoms with Gasteiger partial charge in [-0.25, -0.2) is 5.53 Å². The zero-order chi connectivity index (χ0) is 10.8. The molecule has 0 aromatic rings. The highest BCUT2D eigenvalue weighted by Crippen LogP contribution is 2.17. The van der Waals surface area contributed by atoms with Crippen LogP contribution in [0.15, 0.2) is 15.8 Å². The van der Waals surface area contributed by atoms with E-state index in [1.807, 2.05) is 20.8 Å². The second kappa shape index (κ2) is 4.12. The average molecular weight is 232 g/mol. The van der Waals surface area contributed by atoms with Crippen molar-refractivity contribution >= 4 is 29.6 Å². The largest absolute Gasteiger partial charge is 0.203 e. The third-order valence-electron chi connectivity index (χ3n) is 1.30. The number of hydrazone groups is 1. The van der Waals surface area contributed by atoms with Crippen LogP contribution in [0.1, 0.15) is 20.8 Å². The standard InChI is InChI=1S/C9H11Cl2N3/c1-9(2,3)5-4-8-7(10)6-12-13-14(8)11/h6,13H,1-3H3. The Balaban J connectivity index is 2.95. The molecular weight excluding hydrogens is 221 g/mol. The molecule has 0 aliphatic carbocycles. The Morgan fingerprint density at radius 3 is 2.64 bits per heavy atom. The van der Waals surface area contributed by atoms with Gasteiger partial charge in [-0.2, -0.15) is 9.63 Å². The first-order valence-electron chi connectivity index (χ1n) is 4.08. The van der Waals surface area contributed by atoms with Gasteiger partial charge in [0.2, 0.25) is 0 Å². The van der Waals surface area contributed by atoms with Crippen molar-refractivity contribution < 1.29 is 0 Å². The van der Waals surface area contributed by atoms with E-state index in [4.69, 9.17) is 23.4 Å². The fraction of sp³-hybridized carbons (Fsp3) is 0.444. The number of allylic oxidation sites excluding steroid dienone is 2. The molecular formula is C9H11Cl2N3. The molecule has 0 aromatic heterocycles. The van der Waals surface area contributed by atoms with Gasteiger partial charge >= 0.3 is 0 Å². The van der Waals surface area contributed by atoms with Crippen LogP contribution >= 0.6 is 23.4 Å². The van der Waals surface area contributed by atoms with Crippen LogP contribution in [0.25, 0.3) is 0 Å². The molecule has 1 aliphatic heterocycles. The van der Waals surface area contributed by atoms with Gasteiger partial charge in [-0.05, 0) is 26.7 Å². The highest BCUT2D eigenvalue weighted by Gasteiger charge is 2.13. The lowest BCUT2D eigenvalue weighted by molar-refractivity contribution is 0.430. The number of hydrogen-bond donors (Lipinski definition) is 1. The van der Waals surface area contributed by atoms with Crippen molar-refractivity contribution in [1.82, 2.24) is 10.1 Å². The molecule has 5 heteroatoms. The predicted molar refractivity (Wildman–Crippen MR) is 59.4 cm³/mol. The van der Waals surface area contributed by atoms with Gasteiger partial charge in [-0.1, -0.05) is 17.5 Å². The lowest BCUT2D eigenvalue weighted by Crippen LogP contribution is -2.27. The number of halogens is 2. The van der Waals surface area contributed by atoms with Crippen LogP contribution in [0.3, 0.4) is 0 Å². The molecule has 1 aliphatic rings. The van der Waals surface area contributed by atoms with Crippen LogP contribution < -0.4 is 5.53 Å². The molecule has 1 heterocycles. The lowest BCUT2D eigenvalue weighted by atomic mass is 9.98. The Bertz CT molecular complexity index is 341. The predicted octanol–water partition coefficient (Wildman–Crippen LogP) is 2.45. The van der Waals surface area contributed by atoms with E-state index in [0.29, 0.717) is 10.7 Å². The van der Waals surface area contributed by atoms with Crippen LogP contribution in [0, 0.1) is 17.3 Å². The number of hydrazine groups is 1. The second-order valence-corrected chi connectivity index (χ2v) is 4.58. The molecule has 0 aromatic carbocycles. The molecule has 1 rings (SSSR count). The molecule has 0 saturated heterocycles. The van der Waals surface area contributed by atoms with Crippen molar-refractivity contribution in [3.05, 3.63) is 10.7 Å². The smallest absolute Gasteiger partial charge is 0.148 e. The molecule has 0 atom stereocenters. The molecule has 3 nitrogen and oxygen atoms in total. The van der Waals surface area contributed by atoms with E-state index < -0.39 is 0 Å². The second-order valence-electron chi connectivity index (χ2n) is 3.84. The van der Waals surface area contributed by atoms with E-state index in [2.05, 4.69) is 22.5 Å². The lowest BCUT2D eigenvalue weighted by Gasteiger charge is -2.18. The third-order valence-corrected chi connectivity index (χ3v) is 1.82. The summed E-state index contributed by atoms with van der Waals surface area (Å²) in [4.78, 5) is 0. The number of hydrogen-bond acceptors (Lipinski definition) is 3. The van der Waals surface area contributed by atoms with Gasteiger partial charge in [0.05, 0.1) is 11.2 Å². The SMILES string of the molecule is CC(C)(C)C#CC1=C(Cl)C=NNN1Cl. The maximum Gasteiger partial charge on any atom is 0.148 e. The summed E-state index contributed by atoms with van der Waals surface area (Å²) in [7, 11) is 0. The Kier molecular flexibility index (Phi) is 3.30. The van der Waals surface area contributed by atoms with Crippen molar-refractivity contribution in [3.63, 3.8) is 0 Å². The Morgan fingerprint density at radius 2 is 2.14 bits per heavy atom. The summed E-state index contributed by atoms with van der Waals surface area (Å²) in [6.45, 7) is 6.03. The summed E-state index contributed by atoms with van der Waals surface area (Å²) in [5.41, 5.74) is 2.95. The Morgan fingerprint density at radius 1 is 1.50 bits per heavy atom. The first-order chi connectivity index (χ1) is 6.40. The molecule has 76 valence electrons. The first kappa shape index (κ1) is 11.2. The van der Waals surface area contributed by atoms with E-state index in [1.54, 1.807) is 0 Å². The van der Waals surface area contributed by atoms with E-state index in [9.17, 15) is 0 Å². The van der Waals surface area contributed by atoms with Crippen molar-refractivity contribution in [3.8, 4) is 11.8 Å². The van der Waals surface area contributed by atoms with Crippen molar-refractivity contribution in [2.45, 2.75) is 20.8 Å². The van der Waals surface area contributed by atoms with E-state index in [-0.39, 0.29) is 5.41 Å². The summed E-state index contributed by atoms with van der Waals surface area (Å²) in [6.07, 6.45) is 1.47. The average Bonchev–Trinajstić information content (AvgIpc) is 2.01. The third kappa shape index (κ3) is 3.13. The number of nitrogens with one attached hydrogen (secondary N) is 1. The molecule has 0 spiro atoms. The van der Waals surface area contributed by atoms with Gasteiger partial charge in [0, 0.05) is 17.2 Å². The molecule has 0 radical (unpaired) electrons. The van der Waals surface area contributed by atoms with Crippen molar-refractivity contribution in [2.24, 2.45) is 10.5 Å². The topological polar surface area (TPSA) is 27.6 Å². The van der Waals surface area contributed by atoms with Gasteiger partial charge < -0.3 is 0 Å². The quantitative estimate of drug-likeness (QED) is 0.513. The van der Waals surface area contributed by atoms with Crippen LogP contribution in [0.2, 0.25) is 0 Å². The minimum atomic E-state index is -0.0868. The van der Waals surface area contributed by atoms with Crippen LogP contribution in [0.4, 0.5) is 0 Å². The fourth-order valence-electron chi connectivity index (χ4n) is 0.697. The molecule has 0 bridgehead atoms. The minimum Gasteiger partial charge on any atom is -0.203 e. The summed E-state index contributed by atoms with van der Waals surface area (Å²) in [6, 6.07) is 0. The highest BCUT2D eigenvalue weighted by molar-refractivity contribution is 6.40. The van der Waals surface area contributed by atoms with Crippen molar-refractivity contribution in [1.29, 1.82) is 0 Å². The number of nitrogens with zero attached hydrogens (tertiary/aromatic N) is 2. The van der Waals surface area contributed by atoms with E-state index >= 15 is 0 Å². The molecule has 0 saturated carbocycles. The molecule has 1 N–H and O–H groups in total. The van der Waals surface area contributed by atoms with E-state index in [0.717, 1.165) is 0 Å². The van der Waals surface area contributed by atoms with Gasteiger partial charge in [0.25, 0.3) is 0 Å². The van der Waals surface area contributed by atoms with Gasteiger partial charge in [-0.15, -0.1) is 0 Å². The fourth-order valence-corrected chi connectivity index (χ4v) is 1.10. The Hall–Kier alpha value is -0.850. The maximum atomic E-state index is 5.87. The van der Waals surface area contributed by atoms with Crippen LogP contribution in [0.5, 0.6) is 0 Å². The van der Waals surface area contributed by atoms with E-state index in [1.165, 1.54) is 10.7 Å². The summed E-state index contributed by atoms with van der Waals surface area (Å²) < 4.78 is 1.17. The van der Waals surface area contributed by atoms with Crippen LogP contribution in [-0.4, -0.2) is 10.7 Å². The highest BCUT2D eigenvalue weighted by atomic mass is 35.5. The normalized spacial score (nSPS) is 16.2. The zero-order valence-corrected chi connectivity index (χ0v) is 9.74. The summed E-state index contributed by atoms with van der Waals surface area (Å²) in [5.74, 6) is 5.93. The molecule has 0 unspecified atom stereocenters. The summed E-state index contributed by atoms with van der Waals surface area (Å²) >= 11 is 11.6. The first-order valence-corrected chi connectivity index (χ1v) is 4.79. The molecule has 0 amide bonds. The Labute approximate surface area is 93.8 Å². The van der Waals surface area contributed by atoms with Gasteiger partial charge in [0.1, 0.15) is 5.70 Å².